The van der Waals surface area contributed by atoms with Gasteiger partial charge in [0.15, 0.2) is 0 Å². The highest BCUT2D eigenvalue weighted by Crippen LogP contribution is 2.21. The summed E-state index contributed by atoms with van der Waals surface area (Å²) in [5.41, 5.74) is 2.75. The maximum absolute atomic E-state index is 12.4. The lowest BCUT2D eigenvalue weighted by Crippen LogP contribution is -2.39. The van der Waals surface area contributed by atoms with Gasteiger partial charge in [-0.2, -0.15) is 5.10 Å². The van der Waals surface area contributed by atoms with E-state index in [9.17, 15) is 14.7 Å². The van der Waals surface area contributed by atoms with Crippen molar-refractivity contribution < 1.29 is 14.7 Å². The van der Waals surface area contributed by atoms with Crippen LogP contribution in [0.4, 0.5) is 4.79 Å². The van der Waals surface area contributed by atoms with Crippen molar-refractivity contribution in [2.24, 2.45) is 13.0 Å². The molecular formula is C19H25N5O3. The first-order valence-corrected chi connectivity index (χ1v) is 8.97. The van der Waals surface area contributed by atoms with Crippen LogP contribution in [0.5, 0.6) is 0 Å². The van der Waals surface area contributed by atoms with Gasteiger partial charge in [0.2, 0.25) is 5.91 Å². The topological polar surface area (TPSA) is 99.5 Å². The summed E-state index contributed by atoms with van der Waals surface area (Å²) in [5, 5.41) is 20.0. The van der Waals surface area contributed by atoms with Crippen molar-refractivity contribution >= 4 is 11.9 Å². The number of β-amino-alcohol motifs (C(OH)–C–C–N with tert-alkyl or cyclic N) is 1. The van der Waals surface area contributed by atoms with Crippen LogP contribution in [0.15, 0.2) is 36.4 Å². The molecule has 0 aliphatic carbocycles. The maximum atomic E-state index is 12.4. The van der Waals surface area contributed by atoms with Crippen LogP contribution in [-0.2, 0) is 18.4 Å². The Morgan fingerprint density at radius 1 is 1.26 bits per heavy atom. The number of aliphatic hydroxyl groups excluding tert-OH is 1. The lowest BCUT2D eigenvalue weighted by atomic mass is 10.0. The number of carbonyl (C=O) groups excluding carboxylic acids is 2. The molecule has 3 rings (SSSR count). The fourth-order valence-electron chi connectivity index (χ4n) is 3.26. The van der Waals surface area contributed by atoms with Gasteiger partial charge in [0, 0.05) is 45.1 Å². The summed E-state index contributed by atoms with van der Waals surface area (Å²) in [6, 6.07) is 11.5. The van der Waals surface area contributed by atoms with E-state index in [1.165, 1.54) is 0 Å². The normalized spacial score (nSPS) is 19.1. The second-order valence-electron chi connectivity index (χ2n) is 6.78. The van der Waals surface area contributed by atoms with Gasteiger partial charge in [0.05, 0.1) is 24.0 Å². The molecule has 1 saturated heterocycles. The average molecular weight is 371 g/mol. The second kappa shape index (κ2) is 8.22. The fourth-order valence-corrected chi connectivity index (χ4v) is 3.26. The molecular weight excluding hydrogens is 346 g/mol. The molecule has 8 heteroatoms. The molecule has 3 N–H and O–H groups in total. The van der Waals surface area contributed by atoms with Gasteiger partial charge in [-0.05, 0) is 6.07 Å². The fraction of sp³-hybridized carbons (Fsp3) is 0.421. The van der Waals surface area contributed by atoms with E-state index in [2.05, 4.69) is 15.7 Å². The highest BCUT2D eigenvalue weighted by atomic mass is 16.3. The minimum Gasteiger partial charge on any atom is -0.391 e. The van der Waals surface area contributed by atoms with Crippen molar-refractivity contribution in [2.75, 3.05) is 20.1 Å². The standard InChI is InChI=1S/C19H25N5O3/c1-20-18(26)8-14-11-24(12-17(14)25)19(27)21-10-15-9-16(22-23(15)2)13-6-4-3-5-7-13/h3-7,9,14,17,25H,8,10-12H2,1-2H3,(H,20,26)(H,21,27)/t14-,17-/m1/s1. The zero-order valence-electron chi connectivity index (χ0n) is 15.6. The monoisotopic (exact) mass is 371 g/mol. The summed E-state index contributed by atoms with van der Waals surface area (Å²) in [6.45, 7) is 0.928. The second-order valence-corrected chi connectivity index (χ2v) is 6.78. The van der Waals surface area contributed by atoms with Gasteiger partial charge in [-0.1, -0.05) is 30.3 Å². The molecule has 0 radical (unpaired) electrons. The number of carbonyl (C=O) groups is 2. The van der Waals surface area contributed by atoms with Crippen LogP contribution in [0, 0.1) is 5.92 Å². The predicted octanol–water partition coefficient (Wildman–Crippen LogP) is 0.725. The van der Waals surface area contributed by atoms with Crippen molar-refractivity contribution in [3.8, 4) is 11.3 Å². The smallest absolute Gasteiger partial charge is 0.317 e. The van der Waals surface area contributed by atoms with Crippen LogP contribution >= 0.6 is 0 Å². The lowest BCUT2D eigenvalue weighted by Gasteiger charge is -2.17. The Kier molecular flexibility index (Phi) is 5.75. The number of urea groups is 1. The minimum absolute atomic E-state index is 0.135. The number of benzene rings is 1. The molecule has 1 aliphatic rings. The Morgan fingerprint density at radius 2 is 2.00 bits per heavy atom. The minimum atomic E-state index is -0.686. The van der Waals surface area contributed by atoms with E-state index in [-0.39, 0.29) is 30.8 Å². The molecule has 0 spiro atoms. The summed E-state index contributed by atoms with van der Waals surface area (Å²) in [5.74, 6) is -0.373. The third kappa shape index (κ3) is 4.46. The summed E-state index contributed by atoms with van der Waals surface area (Å²) >= 11 is 0. The molecule has 0 unspecified atom stereocenters. The number of aromatic nitrogens is 2. The zero-order chi connectivity index (χ0) is 19.4. The molecule has 1 aliphatic heterocycles. The number of nitrogens with zero attached hydrogens (tertiary/aromatic N) is 3. The van der Waals surface area contributed by atoms with Crippen LogP contribution in [0.3, 0.4) is 0 Å². The van der Waals surface area contributed by atoms with Gasteiger partial charge in [0.25, 0.3) is 0 Å². The van der Waals surface area contributed by atoms with Crippen molar-refractivity contribution in [1.29, 1.82) is 0 Å². The van der Waals surface area contributed by atoms with Crippen LogP contribution in [-0.4, -0.2) is 58.0 Å². The number of amides is 3. The van der Waals surface area contributed by atoms with Gasteiger partial charge < -0.3 is 20.6 Å². The van der Waals surface area contributed by atoms with E-state index in [0.29, 0.717) is 13.1 Å². The Hall–Kier alpha value is -2.87. The number of rotatable bonds is 5. The molecule has 144 valence electrons. The zero-order valence-corrected chi connectivity index (χ0v) is 15.6. The van der Waals surface area contributed by atoms with Crippen LogP contribution < -0.4 is 10.6 Å². The molecule has 2 heterocycles. The van der Waals surface area contributed by atoms with E-state index in [0.717, 1.165) is 17.0 Å². The van der Waals surface area contributed by atoms with Gasteiger partial charge in [0.1, 0.15) is 0 Å². The Balaban J connectivity index is 1.57. The van der Waals surface area contributed by atoms with E-state index in [4.69, 9.17) is 0 Å². The molecule has 2 aromatic rings. The number of likely N-dealkylation sites (tertiary alicyclic amines) is 1. The average Bonchev–Trinajstić information content (AvgIpc) is 3.23. The highest BCUT2D eigenvalue weighted by Gasteiger charge is 2.35. The van der Waals surface area contributed by atoms with E-state index in [1.807, 2.05) is 43.4 Å². The van der Waals surface area contributed by atoms with Gasteiger partial charge in [-0.25, -0.2) is 4.79 Å². The predicted molar refractivity (Wildman–Crippen MR) is 101 cm³/mol. The molecule has 0 bridgehead atoms. The number of aryl methyl sites for hydroxylation is 1. The van der Waals surface area contributed by atoms with Gasteiger partial charge >= 0.3 is 6.03 Å². The van der Waals surface area contributed by atoms with Gasteiger partial charge in [-0.15, -0.1) is 0 Å². The lowest BCUT2D eigenvalue weighted by molar-refractivity contribution is -0.122. The number of hydrogen-bond acceptors (Lipinski definition) is 4. The van der Waals surface area contributed by atoms with Crippen molar-refractivity contribution in [1.82, 2.24) is 25.3 Å². The van der Waals surface area contributed by atoms with Crippen LogP contribution in [0.1, 0.15) is 12.1 Å². The number of nitrogens with one attached hydrogen (secondary N) is 2. The first-order valence-electron chi connectivity index (χ1n) is 8.97. The first kappa shape index (κ1) is 18.9. The Morgan fingerprint density at radius 3 is 2.70 bits per heavy atom. The number of aliphatic hydroxyl groups is 1. The molecule has 3 amide bonds. The first-order chi connectivity index (χ1) is 13.0. The molecule has 1 fully saturated rings. The molecule has 2 atom stereocenters. The van der Waals surface area contributed by atoms with E-state index >= 15 is 0 Å². The summed E-state index contributed by atoms with van der Waals surface area (Å²) < 4.78 is 1.75. The molecule has 1 aromatic carbocycles. The molecule has 27 heavy (non-hydrogen) atoms. The van der Waals surface area contributed by atoms with Crippen molar-refractivity contribution in [3.05, 3.63) is 42.1 Å². The van der Waals surface area contributed by atoms with Crippen molar-refractivity contribution in [3.63, 3.8) is 0 Å². The third-order valence-electron chi connectivity index (χ3n) is 4.89. The van der Waals surface area contributed by atoms with Crippen molar-refractivity contribution in [2.45, 2.75) is 19.1 Å². The molecule has 0 saturated carbocycles. The summed E-state index contributed by atoms with van der Waals surface area (Å²) in [7, 11) is 3.40. The SMILES string of the molecule is CNC(=O)C[C@@H]1CN(C(=O)NCc2cc(-c3ccccc3)nn2C)C[C@H]1O. The largest absolute Gasteiger partial charge is 0.391 e. The molecule has 1 aromatic heterocycles. The number of hydrogen-bond donors (Lipinski definition) is 3. The quantitative estimate of drug-likeness (QED) is 0.721. The van der Waals surface area contributed by atoms with Gasteiger partial charge in [-0.3, -0.25) is 9.48 Å². The Bertz CT molecular complexity index is 805. The van der Waals surface area contributed by atoms with E-state index in [1.54, 1.807) is 16.6 Å². The highest BCUT2D eigenvalue weighted by molar-refractivity contribution is 5.77. The van der Waals surface area contributed by atoms with Crippen LogP contribution in [0.2, 0.25) is 0 Å². The summed E-state index contributed by atoms with van der Waals surface area (Å²) in [4.78, 5) is 25.5. The maximum Gasteiger partial charge on any atom is 0.317 e. The van der Waals surface area contributed by atoms with Crippen LogP contribution in [0.25, 0.3) is 11.3 Å². The summed E-state index contributed by atoms with van der Waals surface area (Å²) in [6.07, 6.45) is -0.474. The molecule has 8 nitrogen and oxygen atoms in total. The Labute approximate surface area is 158 Å². The third-order valence-corrected chi connectivity index (χ3v) is 4.89. The van der Waals surface area contributed by atoms with E-state index < -0.39 is 6.10 Å².